The predicted molar refractivity (Wildman–Crippen MR) is 61.7 cm³/mol. The number of carbonyl (C=O) groups is 2. The molecule has 0 saturated heterocycles. The molecular weight excluding hydrogens is 222 g/mol. The van der Waals surface area contributed by atoms with Crippen molar-refractivity contribution in [2.75, 3.05) is 6.54 Å². The molecule has 94 valence electrons. The van der Waals surface area contributed by atoms with Gasteiger partial charge in [-0.05, 0) is 25.0 Å². The molecule has 0 bridgehead atoms. The zero-order valence-electron chi connectivity index (χ0n) is 10.2. The molecule has 2 N–H and O–H groups in total. The monoisotopic (exact) mass is 239 g/mol. The highest BCUT2D eigenvalue weighted by Gasteiger charge is 2.22. The Balaban J connectivity index is 2.55. The van der Waals surface area contributed by atoms with Crippen LogP contribution in [0.5, 0.6) is 0 Å². The van der Waals surface area contributed by atoms with Crippen LogP contribution in [-0.2, 0) is 4.79 Å². The summed E-state index contributed by atoms with van der Waals surface area (Å²) in [6.45, 7) is 5.46. The molecule has 5 nitrogen and oxygen atoms in total. The van der Waals surface area contributed by atoms with Crippen LogP contribution >= 0.6 is 0 Å². The molecule has 0 spiro atoms. The normalized spacial score (nSPS) is 12.5. The first kappa shape index (κ1) is 13.3. The van der Waals surface area contributed by atoms with E-state index in [0.717, 1.165) is 0 Å². The fraction of sp³-hybridized carbons (Fsp3) is 0.500. The van der Waals surface area contributed by atoms with Crippen molar-refractivity contribution in [1.29, 1.82) is 0 Å². The van der Waals surface area contributed by atoms with E-state index in [1.807, 2.05) is 13.8 Å². The van der Waals surface area contributed by atoms with Gasteiger partial charge in [-0.15, -0.1) is 0 Å². The maximum atomic E-state index is 11.6. The number of aliphatic carboxylic acids is 1. The number of carbonyl (C=O) groups excluding carboxylic acids is 1. The number of hydrogen-bond acceptors (Lipinski definition) is 3. The number of rotatable bonds is 5. The summed E-state index contributed by atoms with van der Waals surface area (Å²) < 4.78 is 5.14. The highest BCUT2D eigenvalue weighted by Crippen LogP contribution is 2.11. The Bertz CT molecular complexity index is 408. The summed E-state index contributed by atoms with van der Waals surface area (Å²) in [7, 11) is 0. The van der Waals surface area contributed by atoms with Crippen LogP contribution in [0.15, 0.2) is 16.5 Å². The number of nitrogens with one attached hydrogen (secondary N) is 1. The minimum absolute atomic E-state index is 0.0360. The number of hydrogen-bond donors (Lipinski definition) is 2. The fourth-order valence-corrected chi connectivity index (χ4v) is 1.45. The molecule has 1 rings (SSSR count). The summed E-state index contributed by atoms with van der Waals surface area (Å²) in [6, 6.07) is 3.25. The summed E-state index contributed by atoms with van der Waals surface area (Å²) in [6.07, 6.45) is 0. The number of carboxylic acids is 1. The molecule has 0 aliphatic heterocycles. The molecule has 5 heteroatoms. The number of furan rings is 1. The summed E-state index contributed by atoms with van der Waals surface area (Å²) in [5, 5.41) is 11.5. The minimum atomic E-state index is -0.907. The topological polar surface area (TPSA) is 79.5 Å². The molecule has 1 atom stereocenters. The second kappa shape index (κ2) is 5.52. The molecule has 0 aliphatic rings. The van der Waals surface area contributed by atoms with Crippen LogP contribution in [0.1, 0.15) is 30.2 Å². The van der Waals surface area contributed by atoms with E-state index in [0.29, 0.717) is 5.76 Å². The van der Waals surface area contributed by atoms with Gasteiger partial charge in [0.1, 0.15) is 5.76 Å². The number of aryl methyl sites for hydroxylation is 1. The molecular formula is C12H17NO4. The van der Waals surface area contributed by atoms with Crippen molar-refractivity contribution in [2.24, 2.45) is 11.8 Å². The average molecular weight is 239 g/mol. The first-order valence-electron chi connectivity index (χ1n) is 5.49. The Labute approximate surface area is 99.8 Å². The maximum Gasteiger partial charge on any atom is 0.308 e. The van der Waals surface area contributed by atoms with Crippen molar-refractivity contribution in [3.05, 3.63) is 23.7 Å². The lowest BCUT2D eigenvalue weighted by molar-refractivity contribution is -0.142. The average Bonchev–Trinajstić information content (AvgIpc) is 2.63. The third-order valence-electron chi connectivity index (χ3n) is 2.57. The van der Waals surface area contributed by atoms with Crippen LogP contribution in [0, 0.1) is 18.8 Å². The Hall–Kier alpha value is -1.78. The van der Waals surface area contributed by atoms with E-state index in [2.05, 4.69) is 5.32 Å². The minimum Gasteiger partial charge on any atom is -0.481 e. The van der Waals surface area contributed by atoms with Gasteiger partial charge in [0, 0.05) is 6.54 Å². The van der Waals surface area contributed by atoms with Gasteiger partial charge in [0.2, 0.25) is 0 Å². The van der Waals surface area contributed by atoms with Gasteiger partial charge in [-0.3, -0.25) is 9.59 Å². The van der Waals surface area contributed by atoms with Gasteiger partial charge < -0.3 is 14.8 Å². The van der Waals surface area contributed by atoms with Crippen molar-refractivity contribution in [1.82, 2.24) is 5.32 Å². The largest absolute Gasteiger partial charge is 0.481 e. The van der Waals surface area contributed by atoms with E-state index in [-0.39, 0.29) is 24.1 Å². The van der Waals surface area contributed by atoms with E-state index >= 15 is 0 Å². The molecule has 0 aliphatic carbocycles. The third kappa shape index (κ3) is 3.62. The lowest BCUT2D eigenvalue weighted by Crippen LogP contribution is -2.35. The first-order chi connectivity index (χ1) is 7.91. The van der Waals surface area contributed by atoms with Gasteiger partial charge in [0.25, 0.3) is 5.91 Å². The van der Waals surface area contributed by atoms with Gasteiger partial charge in [-0.2, -0.15) is 0 Å². The molecule has 0 fully saturated rings. The van der Waals surface area contributed by atoms with Gasteiger partial charge >= 0.3 is 5.97 Å². The molecule has 1 amide bonds. The predicted octanol–water partition coefficient (Wildman–Crippen LogP) is 1.67. The van der Waals surface area contributed by atoms with Gasteiger partial charge in [0.05, 0.1) is 5.92 Å². The van der Waals surface area contributed by atoms with E-state index in [4.69, 9.17) is 9.52 Å². The van der Waals surface area contributed by atoms with Crippen LogP contribution < -0.4 is 5.32 Å². The summed E-state index contributed by atoms with van der Waals surface area (Å²) in [4.78, 5) is 22.5. The highest BCUT2D eigenvalue weighted by molar-refractivity contribution is 5.91. The van der Waals surface area contributed by atoms with Gasteiger partial charge in [0.15, 0.2) is 5.76 Å². The standard InChI is InChI=1S/C12H17NO4/c1-7(2)9(12(15)16)6-13-11(14)10-5-4-8(3)17-10/h4-5,7,9H,6H2,1-3H3,(H,13,14)(H,15,16). The molecule has 1 aromatic heterocycles. The number of carboxylic acid groups (broad SMARTS) is 1. The third-order valence-corrected chi connectivity index (χ3v) is 2.57. The van der Waals surface area contributed by atoms with Crippen molar-refractivity contribution >= 4 is 11.9 Å². The quantitative estimate of drug-likeness (QED) is 0.819. The Morgan fingerprint density at radius 1 is 1.41 bits per heavy atom. The molecule has 0 saturated carbocycles. The Morgan fingerprint density at radius 3 is 2.47 bits per heavy atom. The molecule has 1 heterocycles. The molecule has 0 radical (unpaired) electrons. The van der Waals surface area contributed by atoms with Crippen molar-refractivity contribution in [3.8, 4) is 0 Å². The van der Waals surface area contributed by atoms with E-state index in [1.54, 1.807) is 19.1 Å². The smallest absolute Gasteiger partial charge is 0.308 e. The van der Waals surface area contributed by atoms with E-state index in [9.17, 15) is 9.59 Å². The van der Waals surface area contributed by atoms with Crippen molar-refractivity contribution in [2.45, 2.75) is 20.8 Å². The van der Waals surface area contributed by atoms with Crippen LogP contribution in [0.2, 0.25) is 0 Å². The van der Waals surface area contributed by atoms with Crippen molar-refractivity contribution < 1.29 is 19.1 Å². The van der Waals surface area contributed by atoms with Crippen LogP contribution in [0.25, 0.3) is 0 Å². The second-order valence-electron chi connectivity index (χ2n) is 4.31. The lowest BCUT2D eigenvalue weighted by Gasteiger charge is -2.16. The van der Waals surface area contributed by atoms with Crippen molar-refractivity contribution in [3.63, 3.8) is 0 Å². The first-order valence-corrected chi connectivity index (χ1v) is 5.49. The lowest BCUT2D eigenvalue weighted by atomic mass is 9.96. The summed E-state index contributed by atoms with van der Waals surface area (Å²) >= 11 is 0. The SMILES string of the molecule is Cc1ccc(C(=O)NCC(C(=O)O)C(C)C)o1. The maximum absolute atomic E-state index is 11.6. The Morgan fingerprint density at radius 2 is 2.06 bits per heavy atom. The molecule has 17 heavy (non-hydrogen) atoms. The highest BCUT2D eigenvalue weighted by atomic mass is 16.4. The zero-order valence-corrected chi connectivity index (χ0v) is 10.2. The molecule has 1 aromatic rings. The van der Waals surface area contributed by atoms with Gasteiger partial charge in [-0.1, -0.05) is 13.8 Å². The fourth-order valence-electron chi connectivity index (χ4n) is 1.45. The summed E-state index contributed by atoms with van der Waals surface area (Å²) in [5.74, 6) is -1.06. The van der Waals surface area contributed by atoms with E-state index in [1.165, 1.54) is 0 Å². The summed E-state index contributed by atoms with van der Waals surface area (Å²) in [5.41, 5.74) is 0. The number of amides is 1. The van der Waals surface area contributed by atoms with Crippen LogP contribution in [0.3, 0.4) is 0 Å². The Kier molecular flexibility index (Phi) is 4.31. The van der Waals surface area contributed by atoms with E-state index < -0.39 is 11.9 Å². The van der Waals surface area contributed by atoms with Gasteiger partial charge in [-0.25, -0.2) is 0 Å². The molecule has 1 unspecified atom stereocenters. The zero-order chi connectivity index (χ0) is 13.0. The second-order valence-corrected chi connectivity index (χ2v) is 4.31. The molecule has 0 aromatic carbocycles. The van der Waals surface area contributed by atoms with Crippen LogP contribution in [-0.4, -0.2) is 23.5 Å². The van der Waals surface area contributed by atoms with Crippen LogP contribution in [0.4, 0.5) is 0 Å².